The van der Waals surface area contributed by atoms with Gasteiger partial charge >= 0.3 is 5.97 Å². The van der Waals surface area contributed by atoms with E-state index in [1.807, 2.05) is 12.1 Å². The van der Waals surface area contributed by atoms with Crippen molar-refractivity contribution < 1.29 is 14.3 Å². The van der Waals surface area contributed by atoms with Crippen LogP contribution < -0.4 is 4.74 Å². The number of carbonyl (C=O) groups is 1. The Morgan fingerprint density at radius 1 is 1.25 bits per heavy atom. The molecule has 0 aliphatic rings. The summed E-state index contributed by atoms with van der Waals surface area (Å²) in [5.74, 6) is -0.334. The maximum Gasteiger partial charge on any atom is 0.316 e. The first kappa shape index (κ1) is 14.3. The molecule has 0 amide bonds. The number of hydrogen-bond donors (Lipinski definition) is 0. The molecule has 1 aromatic carbocycles. The molecule has 104 valence electrons. The third-order valence-electron chi connectivity index (χ3n) is 2.84. The number of aromatic nitrogens is 1. The molecule has 20 heavy (non-hydrogen) atoms. The molecule has 2 aromatic rings. The summed E-state index contributed by atoms with van der Waals surface area (Å²) in [6.07, 6.45) is 3.25. The van der Waals surface area contributed by atoms with Crippen LogP contribution in [0.5, 0.6) is 5.75 Å². The third kappa shape index (κ3) is 3.48. The monoisotopic (exact) mass is 291 g/mol. The zero-order valence-electron chi connectivity index (χ0n) is 11.0. The van der Waals surface area contributed by atoms with E-state index < -0.39 is 5.92 Å². The Hall–Kier alpha value is -2.07. The van der Waals surface area contributed by atoms with E-state index in [-0.39, 0.29) is 12.6 Å². The van der Waals surface area contributed by atoms with Crippen LogP contribution in [0.15, 0.2) is 48.8 Å². The molecule has 0 aliphatic heterocycles. The number of hydrogen-bond acceptors (Lipinski definition) is 4. The van der Waals surface area contributed by atoms with Gasteiger partial charge in [0.25, 0.3) is 0 Å². The molecule has 1 unspecified atom stereocenters. The lowest BCUT2D eigenvalue weighted by Crippen LogP contribution is -2.21. The highest BCUT2D eigenvalue weighted by atomic mass is 35.5. The summed E-state index contributed by atoms with van der Waals surface area (Å²) in [6, 6.07) is 10.6. The Bertz CT molecular complexity index is 574. The molecule has 4 nitrogen and oxygen atoms in total. The minimum Gasteiger partial charge on any atom is -0.491 e. The summed E-state index contributed by atoms with van der Waals surface area (Å²) < 4.78 is 10.4. The summed E-state index contributed by atoms with van der Waals surface area (Å²) in [4.78, 5) is 15.8. The van der Waals surface area contributed by atoms with Crippen LogP contribution in [0.25, 0.3) is 0 Å². The number of halogens is 1. The van der Waals surface area contributed by atoms with Crippen molar-refractivity contribution in [1.82, 2.24) is 4.98 Å². The van der Waals surface area contributed by atoms with E-state index in [0.29, 0.717) is 10.8 Å². The molecule has 0 saturated carbocycles. The molecular formula is C15H14ClNO3. The first-order valence-corrected chi connectivity index (χ1v) is 6.45. The van der Waals surface area contributed by atoms with E-state index in [2.05, 4.69) is 4.98 Å². The molecule has 0 fully saturated rings. The quantitative estimate of drug-likeness (QED) is 0.794. The lowest BCUT2D eigenvalue weighted by molar-refractivity contribution is -0.143. The van der Waals surface area contributed by atoms with Crippen LogP contribution >= 0.6 is 11.6 Å². The summed E-state index contributed by atoms with van der Waals surface area (Å²) >= 11 is 6.02. The van der Waals surface area contributed by atoms with Crippen LogP contribution in [0.2, 0.25) is 5.02 Å². The van der Waals surface area contributed by atoms with E-state index in [9.17, 15) is 4.79 Å². The molecule has 0 bridgehead atoms. The summed E-state index contributed by atoms with van der Waals surface area (Å²) in [6.45, 7) is 0.153. The van der Waals surface area contributed by atoms with Gasteiger partial charge in [0, 0.05) is 12.4 Å². The third-order valence-corrected chi connectivity index (χ3v) is 3.15. The lowest BCUT2D eigenvalue weighted by Gasteiger charge is -2.16. The Labute approximate surface area is 122 Å². The van der Waals surface area contributed by atoms with Crippen LogP contribution in [0.1, 0.15) is 11.5 Å². The number of para-hydroxylation sites is 1. The first-order chi connectivity index (χ1) is 9.72. The lowest BCUT2D eigenvalue weighted by atomic mass is 10.0. The second-order valence-corrected chi connectivity index (χ2v) is 4.50. The molecule has 0 spiro atoms. The van der Waals surface area contributed by atoms with Gasteiger partial charge in [0.05, 0.1) is 12.1 Å². The second-order valence-electron chi connectivity index (χ2n) is 4.10. The zero-order chi connectivity index (χ0) is 14.4. The van der Waals surface area contributed by atoms with Crippen molar-refractivity contribution in [2.45, 2.75) is 5.92 Å². The topological polar surface area (TPSA) is 48.4 Å². The van der Waals surface area contributed by atoms with Crippen molar-refractivity contribution >= 4 is 17.6 Å². The fourth-order valence-electron chi connectivity index (χ4n) is 1.77. The van der Waals surface area contributed by atoms with Gasteiger partial charge in [-0.25, -0.2) is 0 Å². The number of ether oxygens (including phenoxy) is 2. The van der Waals surface area contributed by atoms with Crippen molar-refractivity contribution in [3.8, 4) is 5.75 Å². The maximum absolute atomic E-state index is 11.9. The highest BCUT2D eigenvalue weighted by Gasteiger charge is 2.22. The first-order valence-electron chi connectivity index (χ1n) is 6.07. The Balaban J connectivity index is 2.14. The van der Waals surface area contributed by atoms with E-state index >= 15 is 0 Å². The number of nitrogens with zero attached hydrogens (tertiary/aromatic N) is 1. The van der Waals surface area contributed by atoms with Gasteiger partial charge in [-0.1, -0.05) is 23.7 Å². The average Bonchev–Trinajstić information content (AvgIpc) is 2.50. The molecule has 0 radical (unpaired) electrons. The number of pyridine rings is 1. The fraction of sp³-hybridized carbons (Fsp3) is 0.200. The van der Waals surface area contributed by atoms with Gasteiger partial charge in [-0.15, -0.1) is 0 Å². The van der Waals surface area contributed by atoms with Crippen molar-refractivity contribution in [3.63, 3.8) is 0 Å². The van der Waals surface area contributed by atoms with E-state index in [1.54, 1.807) is 36.7 Å². The van der Waals surface area contributed by atoms with E-state index in [0.717, 1.165) is 5.56 Å². The second kappa shape index (κ2) is 6.91. The molecule has 0 aliphatic carbocycles. The normalized spacial score (nSPS) is 11.7. The molecule has 1 heterocycles. The molecule has 5 heteroatoms. The van der Waals surface area contributed by atoms with E-state index in [4.69, 9.17) is 21.1 Å². The number of carbonyl (C=O) groups excluding carboxylic acids is 1. The van der Waals surface area contributed by atoms with E-state index in [1.165, 1.54) is 7.11 Å². The summed E-state index contributed by atoms with van der Waals surface area (Å²) in [5.41, 5.74) is 0.791. The maximum atomic E-state index is 11.9. The van der Waals surface area contributed by atoms with Crippen molar-refractivity contribution in [2.24, 2.45) is 0 Å². The fourth-order valence-corrected chi connectivity index (χ4v) is 1.96. The molecule has 1 atom stereocenters. The number of methoxy groups -OCH3 is 1. The van der Waals surface area contributed by atoms with Gasteiger partial charge in [0.2, 0.25) is 0 Å². The average molecular weight is 292 g/mol. The zero-order valence-corrected chi connectivity index (χ0v) is 11.7. The highest BCUT2D eigenvalue weighted by Crippen LogP contribution is 2.25. The summed E-state index contributed by atoms with van der Waals surface area (Å²) in [5, 5.41) is 0.505. The minimum absolute atomic E-state index is 0.153. The Kier molecular flexibility index (Phi) is 4.96. The van der Waals surface area contributed by atoms with Crippen molar-refractivity contribution in [2.75, 3.05) is 13.7 Å². The minimum atomic E-state index is -0.515. The van der Waals surface area contributed by atoms with Crippen molar-refractivity contribution in [1.29, 1.82) is 0 Å². The van der Waals surface area contributed by atoms with Gasteiger partial charge < -0.3 is 9.47 Å². The molecule has 1 aromatic heterocycles. The summed E-state index contributed by atoms with van der Waals surface area (Å²) in [7, 11) is 1.35. The standard InChI is InChI=1S/C15H14ClNO3/c1-19-15(18)12(11-6-8-17-9-7-11)10-20-14-5-3-2-4-13(14)16/h2-9,12H,10H2,1H3. The predicted molar refractivity (Wildman–Crippen MR) is 75.9 cm³/mol. The highest BCUT2D eigenvalue weighted by molar-refractivity contribution is 6.32. The van der Waals surface area contributed by atoms with Gasteiger partial charge in [-0.2, -0.15) is 0 Å². The van der Waals surface area contributed by atoms with Gasteiger partial charge in [-0.3, -0.25) is 9.78 Å². The smallest absolute Gasteiger partial charge is 0.316 e. The number of esters is 1. The number of rotatable bonds is 5. The van der Waals surface area contributed by atoms with Crippen LogP contribution in [0.3, 0.4) is 0 Å². The predicted octanol–water partition coefficient (Wildman–Crippen LogP) is 3.07. The van der Waals surface area contributed by atoms with Crippen LogP contribution in [-0.2, 0) is 9.53 Å². The Morgan fingerprint density at radius 2 is 1.95 bits per heavy atom. The molecule has 0 saturated heterocycles. The van der Waals surface area contributed by atoms with Crippen molar-refractivity contribution in [3.05, 3.63) is 59.4 Å². The largest absolute Gasteiger partial charge is 0.491 e. The van der Waals surface area contributed by atoms with Gasteiger partial charge in [0.15, 0.2) is 0 Å². The van der Waals surface area contributed by atoms with Crippen LogP contribution in [0.4, 0.5) is 0 Å². The van der Waals surface area contributed by atoms with Crippen LogP contribution in [0, 0.1) is 0 Å². The van der Waals surface area contributed by atoms with Gasteiger partial charge in [0.1, 0.15) is 18.3 Å². The molecule has 2 rings (SSSR count). The molecule has 0 N–H and O–H groups in total. The van der Waals surface area contributed by atoms with Gasteiger partial charge in [-0.05, 0) is 29.8 Å². The van der Waals surface area contributed by atoms with Crippen LogP contribution in [-0.4, -0.2) is 24.7 Å². The SMILES string of the molecule is COC(=O)C(COc1ccccc1Cl)c1ccncc1. The molecular weight excluding hydrogens is 278 g/mol. The number of benzene rings is 1. The Morgan fingerprint density at radius 3 is 2.60 bits per heavy atom.